The van der Waals surface area contributed by atoms with Crippen molar-refractivity contribution in [2.24, 2.45) is 11.8 Å². The molecule has 4 N–H and O–H groups in total. The number of halogens is 1. The third-order valence-corrected chi connectivity index (χ3v) is 3.60. The number of rotatable bonds is 4. The summed E-state index contributed by atoms with van der Waals surface area (Å²) in [6.07, 6.45) is 2.74. The van der Waals surface area contributed by atoms with Crippen LogP contribution in [-0.2, 0) is 0 Å². The molecule has 7 heteroatoms. The third-order valence-electron chi connectivity index (χ3n) is 3.31. The average molecular weight is 285 g/mol. The highest BCUT2D eigenvalue weighted by atomic mass is 35.5. The van der Waals surface area contributed by atoms with E-state index in [-0.39, 0.29) is 12.0 Å². The van der Waals surface area contributed by atoms with Crippen LogP contribution in [0, 0.1) is 5.92 Å². The van der Waals surface area contributed by atoms with Gasteiger partial charge in [0.15, 0.2) is 5.82 Å². The largest absolute Gasteiger partial charge is 0.393 e. The maximum atomic E-state index is 12.2. The van der Waals surface area contributed by atoms with Crippen molar-refractivity contribution in [3.8, 4) is 0 Å². The number of nitrogens with two attached hydrogens (primary N) is 1. The van der Waals surface area contributed by atoms with Gasteiger partial charge in [0.25, 0.3) is 5.91 Å². The lowest BCUT2D eigenvalue weighted by Crippen LogP contribution is -2.39. The minimum Gasteiger partial charge on any atom is -0.393 e. The van der Waals surface area contributed by atoms with Gasteiger partial charge in [-0.05, 0) is 24.8 Å². The van der Waals surface area contributed by atoms with E-state index in [2.05, 4.69) is 10.4 Å². The number of hydrazine groups is 1. The Morgan fingerprint density at radius 1 is 1.68 bits per heavy atom. The Kier molecular flexibility index (Phi) is 4.24. The number of nitrogens with zero attached hydrogens (tertiary/aromatic N) is 2. The number of amides is 1. The molecule has 1 saturated carbocycles. The second kappa shape index (κ2) is 5.73. The molecule has 19 heavy (non-hydrogen) atoms. The van der Waals surface area contributed by atoms with Gasteiger partial charge in [0, 0.05) is 19.8 Å². The number of carbonyl (C=O) groups excluding carboxylic acids is 1. The molecule has 6 nitrogen and oxygen atoms in total. The first-order valence-corrected chi connectivity index (χ1v) is 6.44. The number of hydrogen-bond acceptors (Lipinski definition) is 5. The number of aromatic nitrogens is 1. The van der Waals surface area contributed by atoms with Gasteiger partial charge in [0.05, 0.1) is 16.7 Å². The fourth-order valence-corrected chi connectivity index (χ4v) is 2.42. The van der Waals surface area contributed by atoms with Crippen molar-refractivity contribution in [3.63, 3.8) is 0 Å². The van der Waals surface area contributed by atoms with Crippen LogP contribution in [0.1, 0.15) is 23.2 Å². The zero-order valence-electron chi connectivity index (χ0n) is 10.6. The van der Waals surface area contributed by atoms with Crippen molar-refractivity contribution in [2.75, 3.05) is 19.0 Å². The second-order valence-corrected chi connectivity index (χ2v) is 5.28. The molecule has 1 aliphatic carbocycles. The van der Waals surface area contributed by atoms with E-state index in [9.17, 15) is 9.90 Å². The van der Waals surface area contributed by atoms with Gasteiger partial charge in [-0.1, -0.05) is 11.6 Å². The quantitative estimate of drug-likeness (QED) is 0.563. The fourth-order valence-electron chi connectivity index (χ4n) is 2.20. The van der Waals surface area contributed by atoms with E-state index < -0.39 is 0 Å². The summed E-state index contributed by atoms with van der Waals surface area (Å²) in [5.74, 6) is 5.79. The summed E-state index contributed by atoms with van der Waals surface area (Å²) in [5.41, 5.74) is 2.77. The van der Waals surface area contributed by atoms with Crippen LogP contribution >= 0.6 is 11.6 Å². The Labute approximate surface area is 116 Å². The minimum absolute atomic E-state index is 0.139. The Morgan fingerprint density at radius 3 is 2.89 bits per heavy atom. The van der Waals surface area contributed by atoms with Crippen molar-refractivity contribution < 1.29 is 9.90 Å². The molecule has 1 aliphatic rings. The molecule has 0 atom stereocenters. The van der Waals surface area contributed by atoms with Gasteiger partial charge in [0.2, 0.25) is 0 Å². The standard InChI is InChI=1S/C12H17ClN4O2/c1-17(6-7-2-9(18)3-7)12(19)8-4-10(13)11(16-14)15-5-8/h4-5,7,9,18H,2-3,6,14H2,1H3,(H,15,16). The number of pyridine rings is 1. The molecule has 1 heterocycles. The van der Waals surface area contributed by atoms with Gasteiger partial charge in [-0.15, -0.1) is 0 Å². The number of hydrogen-bond donors (Lipinski definition) is 3. The Balaban J connectivity index is 2.00. The number of aliphatic hydroxyl groups excluding tert-OH is 1. The normalized spacial score (nSPS) is 21.7. The molecule has 1 amide bonds. The van der Waals surface area contributed by atoms with Gasteiger partial charge in [0.1, 0.15) is 0 Å². The molecule has 0 unspecified atom stereocenters. The predicted molar refractivity (Wildman–Crippen MR) is 72.7 cm³/mol. The van der Waals surface area contributed by atoms with Gasteiger partial charge in [-0.2, -0.15) is 0 Å². The smallest absolute Gasteiger partial charge is 0.255 e. The third kappa shape index (κ3) is 3.15. The zero-order chi connectivity index (χ0) is 14.0. The maximum absolute atomic E-state index is 12.2. The van der Waals surface area contributed by atoms with E-state index in [1.165, 1.54) is 12.3 Å². The molecular formula is C12H17ClN4O2. The topological polar surface area (TPSA) is 91.5 Å². The summed E-state index contributed by atoms with van der Waals surface area (Å²) >= 11 is 5.93. The molecule has 0 bridgehead atoms. The molecule has 1 fully saturated rings. The molecule has 0 spiro atoms. The Morgan fingerprint density at radius 2 is 2.37 bits per heavy atom. The summed E-state index contributed by atoms with van der Waals surface area (Å²) in [6.45, 7) is 0.629. The lowest BCUT2D eigenvalue weighted by atomic mass is 9.82. The summed E-state index contributed by atoms with van der Waals surface area (Å²) in [7, 11) is 1.73. The zero-order valence-corrected chi connectivity index (χ0v) is 11.4. The highest BCUT2D eigenvalue weighted by Crippen LogP contribution is 2.28. The van der Waals surface area contributed by atoms with E-state index in [1.54, 1.807) is 11.9 Å². The lowest BCUT2D eigenvalue weighted by molar-refractivity contribution is 0.0265. The van der Waals surface area contributed by atoms with Crippen molar-refractivity contribution in [3.05, 3.63) is 22.8 Å². The van der Waals surface area contributed by atoms with Crippen LogP contribution in [0.4, 0.5) is 5.82 Å². The first-order chi connectivity index (χ1) is 9.01. The van der Waals surface area contributed by atoms with E-state index in [0.717, 1.165) is 12.8 Å². The molecule has 0 saturated heterocycles. The minimum atomic E-state index is -0.209. The summed E-state index contributed by atoms with van der Waals surface area (Å²) in [6, 6.07) is 1.54. The fraction of sp³-hybridized carbons (Fsp3) is 0.500. The highest BCUT2D eigenvalue weighted by Gasteiger charge is 2.29. The molecular weight excluding hydrogens is 268 g/mol. The van der Waals surface area contributed by atoms with Crippen molar-refractivity contribution in [2.45, 2.75) is 18.9 Å². The molecule has 1 aromatic heterocycles. The maximum Gasteiger partial charge on any atom is 0.255 e. The molecule has 1 aromatic rings. The SMILES string of the molecule is CN(CC1CC(O)C1)C(=O)c1cnc(NN)c(Cl)c1. The van der Waals surface area contributed by atoms with E-state index in [0.29, 0.717) is 28.9 Å². The van der Waals surface area contributed by atoms with E-state index >= 15 is 0 Å². The van der Waals surface area contributed by atoms with E-state index in [1.807, 2.05) is 0 Å². The summed E-state index contributed by atoms with van der Waals surface area (Å²) in [5, 5.41) is 9.54. The number of carbonyl (C=O) groups is 1. The molecule has 104 valence electrons. The number of anilines is 1. The van der Waals surface area contributed by atoms with Crippen LogP contribution in [0.3, 0.4) is 0 Å². The van der Waals surface area contributed by atoms with Crippen LogP contribution in [-0.4, -0.2) is 40.6 Å². The molecule has 2 rings (SSSR count). The van der Waals surface area contributed by atoms with Crippen molar-refractivity contribution >= 4 is 23.3 Å². The lowest BCUT2D eigenvalue weighted by Gasteiger charge is -2.34. The first-order valence-electron chi connectivity index (χ1n) is 6.07. The van der Waals surface area contributed by atoms with Crippen molar-refractivity contribution in [1.82, 2.24) is 9.88 Å². The van der Waals surface area contributed by atoms with Crippen LogP contribution in [0.25, 0.3) is 0 Å². The van der Waals surface area contributed by atoms with Crippen LogP contribution < -0.4 is 11.3 Å². The van der Waals surface area contributed by atoms with Crippen LogP contribution in [0.15, 0.2) is 12.3 Å². The van der Waals surface area contributed by atoms with Gasteiger partial charge in [-0.25, -0.2) is 10.8 Å². The average Bonchev–Trinajstić information content (AvgIpc) is 2.35. The Hall–Kier alpha value is -1.37. The van der Waals surface area contributed by atoms with Crippen LogP contribution in [0.2, 0.25) is 5.02 Å². The van der Waals surface area contributed by atoms with Gasteiger partial charge < -0.3 is 15.4 Å². The molecule has 0 aromatic carbocycles. The van der Waals surface area contributed by atoms with Crippen LogP contribution in [0.5, 0.6) is 0 Å². The number of aliphatic hydroxyl groups is 1. The Bertz CT molecular complexity index is 477. The molecule has 0 radical (unpaired) electrons. The predicted octanol–water partition coefficient (Wildman–Crippen LogP) is 0.863. The molecule has 0 aliphatic heterocycles. The monoisotopic (exact) mass is 284 g/mol. The van der Waals surface area contributed by atoms with Gasteiger partial charge in [-0.3, -0.25) is 4.79 Å². The number of nitrogen functional groups attached to an aromatic ring is 1. The summed E-state index contributed by atoms with van der Waals surface area (Å²) in [4.78, 5) is 17.8. The number of nitrogens with one attached hydrogen (secondary N) is 1. The first kappa shape index (κ1) is 14.0. The summed E-state index contributed by atoms with van der Waals surface area (Å²) < 4.78 is 0. The second-order valence-electron chi connectivity index (χ2n) is 4.88. The van der Waals surface area contributed by atoms with E-state index in [4.69, 9.17) is 17.4 Å². The van der Waals surface area contributed by atoms with Crippen molar-refractivity contribution in [1.29, 1.82) is 0 Å². The van der Waals surface area contributed by atoms with Gasteiger partial charge >= 0.3 is 0 Å². The highest BCUT2D eigenvalue weighted by molar-refractivity contribution is 6.33.